The van der Waals surface area contributed by atoms with Crippen molar-refractivity contribution in [3.05, 3.63) is 29.8 Å². The molecule has 0 fully saturated rings. The molecule has 1 aromatic carbocycles. The predicted molar refractivity (Wildman–Crippen MR) is 79.0 cm³/mol. The molecule has 3 heteroatoms. The third kappa shape index (κ3) is 6.39. The molecular formula is C16H25NO2. The first-order valence-electron chi connectivity index (χ1n) is 7.26. The molecule has 1 amide bonds. The normalized spacial score (nSPS) is 10.4. The second kappa shape index (κ2) is 9.56. The molecule has 0 heterocycles. The van der Waals surface area contributed by atoms with Crippen LogP contribution in [0.3, 0.4) is 0 Å². The lowest BCUT2D eigenvalue weighted by atomic mass is 10.1. The second-order valence-corrected chi connectivity index (χ2v) is 4.88. The van der Waals surface area contributed by atoms with Crippen molar-refractivity contribution in [3.8, 4) is 0 Å². The minimum absolute atomic E-state index is 0.0383. The van der Waals surface area contributed by atoms with E-state index >= 15 is 0 Å². The Labute approximate surface area is 116 Å². The predicted octanol–water partition coefficient (Wildman–Crippen LogP) is 3.87. The number of benzene rings is 1. The summed E-state index contributed by atoms with van der Waals surface area (Å²) in [5.41, 5.74) is 1.49. The third-order valence-corrected chi connectivity index (χ3v) is 3.22. The number of amides is 1. The zero-order chi connectivity index (χ0) is 13.9. The van der Waals surface area contributed by atoms with E-state index in [2.05, 4.69) is 12.2 Å². The van der Waals surface area contributed by atoms with Gasteiger partial charge in [-0.2, -0.15) is 0 Å². The van der Waals surface area contributed by atoms with Crippen LogP contribution in [-0.2, 0) is 11.4 Å². The SMILES string of the molecule is CCCCCCCCC(=O)Nc1ccccc1CO. The number of rotatable bonds is 9. The highest BCUT2D eigenvalue weighted by atomic mass is 16.3. The van der Waals surface area contributed by atoms with E-state index in [0.29, 0.717) is 6.42 Å². The maximum Gasteiger partial charge on any atom is 0.224 e. The van der Waals surface area contributed by atoms with E-state index in [9.17, 15) is 9.90 Å². The maximum absolute atomic E-state index is 11.8. The molecule has 0 saturated heterocycles. The van der Waals surface area contributed by atoms with Crippen LogP contribution in [0.5, 0.6) is 0 Å². The van der Waals surface area contributed by atoms with Crippen LogP contribution in [-0.4, -0.2) is 11.0 Å². The van der Waals surface area contributed by atoms with E-state index in [-0.39, 0.29) is 12.5 Å². The van der Waals surface area contributed by atoms with Gasteiger partial charge >= 0.3 is 0 Å². The fraction of sp³-hybridized carbons (Fsp3) is 0.562. The molecule has 106 valence electrons. The van der Waals surface area contributed by atoms with Gasteiger partial charge in [-0.3, -0.25) is 4.79 Å². The molecular weight excluding hydrogens is 238 g/mol. The quantitative estimate of drug-likeness (QED) is 0.664. The summed E-state index contributed by atoms with van der Waals surface area (Å²) < 4.78 is 0. The largest absolute Gasteiger partial charge is 0.392 e. The highest BCUT2D eigenvalue weighted by molar-refractivity contribution is 5.91. The van der Waals surface area contributed by atoms with Gasteiger partial charge in [-0.15, -0.1) is 0 Å². The Morgan fingerprint density at radius 1 is 1.11 bits per heavy atom. The third-order valence-electron chi connectivity index (χ3n) is 3.22. The molecule has 1 rings (SSSR count). The van der Waals surface area contributed by atoms with Crippen molar-refractivity contribution in [2.75, 3.05) is 5.32 Å². The van der Waals surface area contributed by atoms with E-state index < -0.39 is 0 Å². The summed E-state index contributed by atoms with van der Waals surface area (Å²) in [5, 5.41) is 12.0. The Morgan fingerprint density at radius 3 is 2.53 bits per heavy atom. The molecule has 0 bridgehead atoms. The van der Waals surface area contributed by atoms with Crippen molar-refractivity contribution in [1.82, 2.24) is 0 Å². The van der Waals surface area contributed by atoms with Crippen LogP contribution in [0.2, 0.25) is 0 Å². The molecule has 19 heavy (non-hydrogen) atoms. The molecule has 3 nitrogen and oxygen atoms in total. The fourth-order valence-electron chi connectivity index (χ4n) is 2.06. The van der Waals surface area contributed by atoms with Crippen molar-refractivity contribution in [3.63, 3.8) is 0 Å². The van der Waals surface area contributed by atoms with Crippen LogP contribution >= 0.6 is 0 Å². The second-order valence-electron chi connectivity index (χ2n) is 4.88. The number of aliphatic hydroxyl groups excluding tert-OH is 1. The summed E-state index contributed by atoms with van der Waals surface area (Å²) >= 11 is 0. The van der Waals surface area contributed by atoms with Gasteiger partial charge in [-0.05, 0) is 12.5 Å². The number of hydrogen-bond acceptors (Lipinski definition) is 2. The molecule has 2 N–H and O–H groups in total. The van der Waals surface area contributed by atoms with E-state index in [1.54, 1.807) is 0 Å². The van der Waals surface area contributed by atoms with Gasteiger partial charge in [-0.1, -0.05) is 57.2 Å². The van der Waals surface area contributed by atoms with E-state index in [0.717, 1.165) is 24.1 Å². The standard InChI is InChI=1S/C16H25NO2/c1-2-3-4-5-6-7-12-16(19)17-15-11-9-8-10-14(15)13-18/h8-11,18H,2-7,12-13H2,1H3,(H,17,19). The smallest absolute Gasteiger partial charge is 0.224 e. The number of unbranched alkanes of at least 4 members (excludes halogenated alkanes) is 5. The Hall–Kier alpha value is -1.35. The van der Waals surface area contributed by atoms with Gasteiger partial charge in [0.15, 0.2) is 0 Å². The summed E-state index contributed by atoms with van der Waals surface area (Å²) in [4.78, 5) is 11.8. The molecule has 1 aromatic rings. The van der Waals surface area contributed by atoms with Crippen LogP contribution in [0, 0.1) is 0 Å². The average molecular weight is 263 g/mol. The van der Waals surface area contributed by atoms with Crippen molar-refractivity contribution >= 4 is 11.6 Å². The fourth-order valence-corrected chi connectivity index (χ4v) is 2.06. The van der Waals surface area contributed by atoms with Crippen LogP contribution in [0.1, 0.15) is 57.4 Å². The van der Waals surface area contributed by atoms with E-state index in [4.69, 9.17) is 0 Å². The van der Waals surface area contributed by atoms with Gasteiger partial charge in [0.1, 0.15) is 0 Å². The van der Waals surface area contributed by atoms with Crippen LogP contribution in [0.4, 0.5) is 5.69 Å². The van der Waals surface area contributed by atoms with Gasteiger partial charge < -0.3 is 10.4 Å². The van der Waals surface area contributed by atoms with Crippen LogP contribution in [0.15, 0.2) is 24.3 Å². The van der Waals surface area contributed by atoms with Gasteiger partial charge in [0.05, 0.1) is 6.61 Å². The zero-order valence-corrected chi connectivity index (χ0v) is 11.8. The first-order valence-corrected chi connectivity index (χ1v) is 7.26. The lowest BCUT2D eigenvalue weighted by Gasteiger charge is -2.09. The summed E-state index contributed by atoms with van der Waals surface area (Å²) in [6.45, 7) is 2.15. The van der Waals surface area contributed by atoms with E-state index in [1.165, 1.54) is 25.7 Å². The van der Waals surface area contributed by atoms with Gasteiger partial charge in [0.2, 0.25) is 5.91 Å². The maximum atomic E-state index is 11.8. The molecule has 0 spiro atoms. The number of carbonyl (C=O) groups excluding carboxylic acids is 1. The van der Waals surface area contributed by atoms with Gasteiger partial charge in [0.25, 0.3) is 0 Å². The van der Waals surface area contributed by atoms with Crippen LogP contribution < -0.4 is 5.32 Å². The Kier molecular flexibility index (Phi) is 7.91. The molecule has 0 aliphatic rings. The number of carbonyl (C=O) groups is 1. The van der Waals surface area contributed by atoms with E-state index in [1.807, 2.05) is 24.3 Å². The molecule has 0 aromatic heterocycles. The Morgan fingerprint density at radius 2 is 1.79 bits per heavy atom. The number of nitrogens with one attached hydrogen (secondary N) is 1. The summed E-state index contributed by atoms with van der Waals surface area (Å²) in [6.07, 6.45) is 7.64. The van der Waals surface area contributed by atoms with Crippen LogP contribution in [0.25, 0.3) is 0 Å². The number of para-hydroxylation sites is 1. The van der Waals surface area contributed by atoms with Crippen molar-refractivity contribution in [1.29, 1.82) is 0 Å². The lowest BCUT2D eigenvalue weighted by molar-refractivity contribution is -0.116. The average Bonchev–Trinajstić information content (AvgIpc) is 2.43. The molecule has 0 aliphatic heterocycles. The van der Waals surface area contributed by atoms with Gasteiger partial charge in [-0.25, -0.2) is 0 Å². The van der Waals surface area contributed by atoms with Gasteiger partial charge in [0, 0.05) is 17.7 Å². The summed E-state index contributed by atoms with van der Waals surface area (Å²) in [7, 11) is 0. The van der Waals surface area contributed by atoms with Crippen molar-refractivity contribution in [2.45, 2.75) is 58.5 Å². The monoisotopic (exact) mass is 263 g/mol. The lowest BCUT2D eigenvalue weighted by Crippen LogP contribution is -2.12. The number of anilines is 1. The van der Waals surface area contributed by atoms with Crippen molar-refractivity contribution < 1.29 is 9.90 Å². The first kappa shape index (κ1) is 15.7. The van der Waals surface area contributed by atoms with Crippen molar-refractivity contribution in [2.24, 2.45) is 0 Å². The highest BCUT2D eigenvalue weighted by Crippen LogP contribution is 2.15. The zero-order valence-electron chi connectivity index (χ0n) is 11.8. The summed E-state index contributed by atoms with van der Waals surface area (Å²) in [5.74, 6) is 0.0383. The molecule has 0 unspecified atom stereocenters. The minimum atomic E-state index is -0.0481. The first-order chi connectivity index (χ1) is 9.27. The topological polar surface area (TPSA) is 49.3 Å². The molecule has 0 saturated carbocycles. The Bertz CT molecular complexity index is 377. The number of hydrogen-bond donors (Lipinski definition) is 2. The number of aliphatic hydroxyl groups is 1. The minimum Gasteiger partial charge on any atom is -0.392 e. The molecule has 0 atom stereocenters. The highest BCUT2D eigenvalue weighted by Gasteiger charge is 2.05. The Balaban J connectivity index is 2.23. The summed E-state index contributed by atoms with van der Waals surface area (Å²) in [6, 6.07) is 7.36. The molecule has 0 aliphatic carbocycles. The molecule has 0 radical (unpaired) electrons.